The second-order valence-electron chi connectivity index (χ2n) is 1.99. The van der Waals surface area contributed by atoms with Crippen molar-refractivity contribution in [1.82, 2.24) is 5.32 Å². The van der Waals surface area contributed by atoms with Crippen LogP contribution in [0.2, 0.25) is 0 Å². The van der Waals surface area contributed by atoms with Gasteiger partial charge in [0, 0.05) is 6.20 Å². The van der Waals surface area contributed by atoms with E-state index in [4.69, 9.17) is 5.11 Å². The summed E-state index contributed by atoms with van der Waals surface area (Å²) in [6.07, 6.45) is 1.71. The number of aliphatic hydroxyl groups excluding tert-OH is 1. The summed E-state index contributed by atoms with van der Waals surface area (Å²) in [5.74, 6) is -0.532. The molecule has 0 aliphatic carbocycles. The second kappa shape index (κ2) is 2.19. The van der Waals surface area contributed by atoms with Crippen LogP contribution in [0.4, 0.5) is 4.39 Å². The normalized spacial score (nSPS) is 26.3. The van der Waals surface area contributed by atoms with Crippen LogP contribution in [0, 0.1) is 0 Å². The molecule has 1 rings (SSSR count). The molecular weight excluding hydrogens is 121 g/mol. The molecule has 1 atom stereocenters. The summed E-state index contributed by atoms with van der Waals surface area (Å²) in [7, 11) is 0. The molecular formula is C6H8FNO. The SMILES string of the molecule is CC1=CNC(O)C(F)=C1. The molecule has 0 bridgehead atoms. The zero-order valence-corrected chi connectivity index (χ0v) is 5.06. The van der Waals surface area contributed by atoms with Gasteiger partial charge < -0.3 is 10.4 Å². The first kappa shape index (κ1) is 6.29. The smallest absolute Gasteiger partial charge is 0.177 e. The maximum absolute atomic E-state index is 12.3. The van der Waals surface area contributed by atoms with Gasteiger partial charge in [0.2, 0.25) is 0 Å². The topological polar surface area (TPSA) is 32.3 Å². The Kier molecular flexibility index (Phi) is 1.53. The fraction of sp³-hybridized carbons (Fsp3) is 0.333. The van der Waals surface area contributed by atoms with Crippen molar-refractivity contribution in [3.63, 3.8) is 0 Å². The van der Waals surface area contributed by atoms with Crippen LogP contribution in [-0.4, -0.2) is 11.3 Å². The highest BCUT2D eigenvalue weighted by Gasteiger charge is 2.10. The first-order valence-electron chi connectivity index (χ1n) is 2.68. The Hall–Kier alpha value is -0.830. The number of aliphatic hydroxyl groups is 1. The van der Waals surface area contributed by atoms with Crippen LogP contribution in [-0.2, 0) is 0 Å². The molecule has 0 fully saturated rings. The van der Waals surface area contributed by atoms with Crippen molar-refractivity contribution in [3.8, 4) is 0 Å². The lowest BCUT2D eigenvalue weighted by atomic mass is 10.2. The Morgan fingerprint density at radius 3 is 2.89 bits per heavy atom. The summed E-state index contributed by atoms with van der Waals surface area (Å²) >= 11 is 0. The maximum atomic E-state index is 12.3. The summed E-state index contributed by atoms with van der Waals surface area (Å²) in [4.78, 5) is 0. The fourth-order valence-electron chi connectivity index (χ4n) is 0.628. The third-order valence-corrected chi connectivity index (χ3v) is 1.10. The van der Waals surface area contributed by atoms with Gasteiger partial charge in [-0.1, -0.05) is 0 Å². The van der Waals surface area contributed by atoms with E-state index in [0.717, 1.165) is 5.57 Å². The van der Waals surface area contributed by atoms with Gasteiger partial charge >= 0.3 is 0 Å². The van der Waals surface area contributed by atoms with Crippen LogP contribution in [0.5, 0.6) is 0 Å². The standard InChI is InChI=1S/C6H8FNO/c1-4-2-5(7)6(9)8-3-4/h2-3,6,8-9H,1H3. The Bertz CT molecular complexity index is 174. The van der Waals surface area contributed by atoms with E-state index in [2.05, 4.69) is 5.32 Å². The van der Waals surface area contributed by atoms with Crippen molar-refractivity contribution < 1.29 is 9.50 Å². The zero-order chi connectivity index (χ0) is 6.85. The third kappa shape index (κ3) is 1.29. The minimum atomic E-state index is -1.14. The van der Waals surface area contributed by atoms with Gasteiger partial charge in [-0.2, -0.15) is 0 Å². The van der Waals surface area contributed by atoms with Crippen LogP contribution in [0.15, 0.2) is 23.7 Å². The molecule has 50 valence electrons. The van der Waals surface area contributed by atoms with Crippen molar-refractivity contribution >= 4 is 0 Å². The van der Waals surface area contributed by atoms with Crippen LogP contribution in [0.1, 0.15) is 6.92 Å². The number of dihydropyridines is 1. The summed E-state index contributed by atoms with van der Waals surface area (Å²) < 4.78 is 12.3. The first-order chi connectivity index (χ1) is 4.20. The van der Waals surface area contributed by atoms with E-state index in [1.807, 2.05) is 0 Å². The predicted octanol–water partition coefficient (Wildman–Crippen LogP) is 0.665. The number of allylic oxidation sites excluding steroid dienone is 2. The Balaban J connectivity index is 2.74. The molecule has 1 heterocycles. The maximum Gasteiger partial charge on any atom is 0.177 e. The summed E-state index contributed by atoms with van der Waals surface area (Å²) in [5.41, 5.74) is 0.776. The molecule has 0 aromatic carbocycles. The number of hydrogen-bond donors (Lipinski definition) is 2. The molecule has 1 aliphatic rings. The second-order valence-corrected chi connectivity index (χ2v) is 1.99. The largest absolute Gasteiger partial charge is 0.367 e. The van der Waals surface area contributed by atoms with Crippen LogP contribution >= 0.6 is 0 Å². The quantitative estimate of drug-likeness (QED) is 0.503. The molecule has 0 spiro atoms. The highest BCUT2D eigenvalue weighted by atomic mass is 19.1. The minimum Gasteiger partial charge on any atom is -0.367 e. The van der Waals surface area contributed by atoms with Crippen molar-refractivity contribution in [2.45, 2.75) is 13.2 Å². The highest BCUT2D eigenvalue weighted by molar-refractivity contribution is 5.23. The fourth-order valence-corrected chi connectivity index (χ4v) is 0.628. The highest BCUT2D eigenvalue weighted by Crippen LogP contribution is 2.10. The molecule has 3 heteroatoms. The van der Waals surface area contributed by atoms with Gasteiger partial charge in [0.25, 0.3) is 0 Å². The molecule has 0 aromatic heterocycles. The van der Waals surface area contributed by atoms with Gasteiger partial charge in [-0.15, -0.1) is 0 Å². The third-order valence-electron chi connectivity index (χ3n) is 1.10. The van der Waals surface area contributed by atoms with E-state index >= 15 is 0 Å². The van der Waals surface area contributed by atoms with Crippen molar-refractivity contribution in [2.24, 2.45) is 0 Å². The Morgan fingerprint density at radius 2 is 2.44 bits per heavy atom. The summed E-state index contributed by atoms with van der Waals surface area (Å²) in [6.45, 7) is 1.75. The van der Waals surface area contributed by atoms with Crippen LogP contribution in [0.3, 0.4) is 0 Å². The molecule has 2 nitrogen and oxygen atoms in total. The Morgan fingerprint density at radius 1 is 1.78 bits per heavy atom. The van der Waals surface area contributed by atoms with Gasteiger partial charge in [-0.05, 0) is 18.6 Å². The molecule has 1 aliphatic heterocycles. The predicted molar refractivity (Wildman–Crippen MR) is 32.1 cm³/mol. The first-order valence-corrected chi connectivity index (χ1v) is 2.68. The zero-order valence-electron chi connectivity index (χ0n) is 5.06. The number of rotatable bonds is 0. The molecule has 0 saturated carbocycles. The molecule has 9 heavy (non-hydrogen) atoms. The molecule has 2 N–H and O–H groups in total. The number of hydrogen-bond acceptors (Lipinski definition) is 2. The van der Waals surface area contributed by atoms with Crippen molar-refractivity contribution in [1.29, 1.82) is 0 Å². The van der Waals surface area contributed by atoms with E-state index in [1.54, 1.807) is 13.1 Å². The van der Waals surface area contributed by atoms with E-state index in [0.29, 0.717) is 0 Å². The van der Waals surface area contributed by atoms with Crippen LogP contribution < -0.4 is 5.32 Å². The number of nitrogens with one attached hydrogen (secondary N) is 1. The van der Waals surface area contributed by atoms with E-state index in [1.165, 1.54) is 6.08 Å². The lowest BCUT2D eigenvalue weighted by molar-refractivity contribution is 0.160. The lowest BCUT2D eigenvalue weighted by Gasteiger charge is -2.13. The summed E-state index contributed by atoms with van der Waals surface area (Å²) in [5, 5.41) is 11.1. The average Bonchev–Trinajstić information content (AvgIpc) is 1.80. The molecule has 1 unspecified atom stereocenters. The minimum absolute atomic E-state index is 0.532. The van der Waals surface area contributed by atoms with Crippen molar-refractivity contribution in [3.05, 3.63) is 23.7 Å². The van der Waals surface area contributed by atoms with E-state index in [9.17, 15) is 4.39 Å². The molecule has 0 saturated heterocycles. The van der Waals surface area contributed by atoms with Gasteiger partial charge in [-0.3, -0.25) is 0 Å². The lowest BCUT2D eigenvalue weighted by Crippen LogP contribution is -2.26. The van der Waals surface area contributed by atoms with Crippen LogP contribution in [0.25, 0.3) is 0 Å². The van der Waals surface area contributed by atoms with Gasteiger partial charge in [0.05, 0.1) is 0 Å². The Labute approximate surface area is 52.7 Å². The average molecular weight is 129 g/mol. The number of halogens is 1. The molecule has 0 radical (unpaired) electrons. The van der Waals surface area contributed by atoms with Gasteiger partial charge in [0.1, 0.15) is 5.83 Å². The molecule has 0 amide bonds. The van der Waals surface area contributed by atoms with Gasteiger partial charge in [0.15, 0.2) is 6.23 Å². The van der Waals surface area contributed by atoms with Gasteiger partial charge in [-0.25, -0.2) is 4.39 Å². The van der Waals surface area contributed by atoms with Crippen molar-refractivity contribution in [2.75, 3.05) is 0 Å². The van der Waals surface area contributed by atoms with E-state index in [-0.39, 0.29) is 0 Å². The monoisotopic (exact) mass is 129 g/mol. The van der Waals surface area contributed by atoms with E-state index < -0.39 is 12.1 Å². The summed E-state index contributed by atoms with van der Waals surface area (Å²) in [6, 6.07) is 0. The molecule has 0 aromatic rings.